The van der Waals surface area contributed by atoms with Gasteiger partial charge in [0.25, 0.3) is 10.0 Å². The second-order valence-corrected chi connectivity index (χ2v) is 7.15. The number of rotatable bonds is 4. The molecule has 0 saturated carbocycles. The van der Waals surface area contributed by atoms with E-state index in [1.165, 1.54) is 30.3 Å². The molecule has 0 amide bonds. The van der Waals surface area contributed by atoms with Gasteiger partial charge in [-0.15, -0.1) is 0 Å². The van der Waals surface area contributed by atoms with Crippen molar-refractivity contribution in [1.29, 1.82) is 5.26 Å². The van der Waals surface area contributed by atoms with Gasteiger partial charge in [-0.05, 0) is 42.5 Å². The van der Waals surface area contributed by atoms with Crippen LogP contribution in [0.25, 0.3) is 11.3 Å². The second-order valence-electron chi connectivity index (χ2n) is 5.34. The predicted molar refractivity (Wildman–Crippen MR) is 88.9 cm³/mol. The maximum atomic E-state index is 14.1. The first kappa shape index (κ1) is 17.5. The van der Waals surface area contributed by atoms with Crippen molar-refractivity contribution in [1.82, 2.24) is 3.97 Å². The number of nitrogens with zero attached hydrogens (tertiary/aromatic N) is 2. The SMILES string of the molecule is N#Cc1ccc(S(=O)(=O)n2cc(C=O)cc2-c2ccc(F)cc2F)cc1. The molecule has 3 rings (SSSR count). The van der Waals surface area contributed by atoms with Gasteiger partial charge >= 0.3 is 0 Å². The summed E-state index contributed by atoms with van der Waals surface area (Å²) in [5.74, 6) is -1.77. The van der Waals surface area contributed by atoms with E-state index in [0.717, 1.165) is 22.3 Å². The maximum Gasteiger partial charge on any atom is 0.268 e. The molecule has 0 aliphatic heterocycles. The van der Waals surface area contributed by atoms with Crippen LogP contribution in [0.1, 0.15) is 15.9 Å². The second kappa shape index (κ2) is 6.54. The largest absolute Gasteiger partial charge is 0.298 e. The number of nitriles is 1. The summed E-state index contributed by atoms with van der Waals surface area (Å²) in [4.78, 5) is 10.9. The molecule has 3 aromatic rings. The Bertz CT molecular complexity index is 1140. The summed E-state index contributed by atoms with van der Waals surface area (Å²) in [6.45, 7) is 0. The first-order valence-electron chi connectivity index (χ1n) is 7.25. The van der Waals surface area contributed by atoms with Gasteiger partial charge in [0, 0.05) is 23.4 Å². The van der Waals surface area contributed by atoms with E-state index in [2.05, 4.69) is 0 Å². The fourth-order valence-corrected chi connectivity index (χ4v) is 3.81. The van der Waals surface area contributed by atoms with E-state index in [0.29, 0.717) is 12.4 Å². The lowest BCUT2D eigenvalue weighted by molar-refractivity contribution is 0.112. The van der Waals surface area contributed by atoms with Crippen molar-refractivity contribution in [3.63, 3.8) is 0 Å². The van der Waals surface area contributed by atoms with Crippen molar-refractivity contribution >= 4 is 16.3 Å². The molecule has 0 fully saturated rings. The summed E-state index contributed by atoms with van der Waals surface area (Å²) in [7, 11) is -4.17. The van der Waals surface area contributed by atoms with E-state index in [9.17, 15) is 22.0 Å². The molecule has 0 unspecified atom stereocenters. The molecule has 8 heteroatoms. The van der Waals surface area contributed by atoms with Crippen molar-refractivity contribution in [3.05, 3.63) is 77.5 Å². The molecular weight excluding hydrogens is 362 g/mol. The van der Waals surface area contributed by atoms with Gasteiger partial charge in [0.2, 0.25) is 0 Å². The molecule has 0 aliphatic rings. The van der Waals surface area contributed by atoms with Crippen LogP contribution in [0.15, 0.2) is 59.6 Å². The summed E-state index contributed by atoms with van der Waals surface area (Å²) in [6.07, 6.45) is 1.48. The summed E-state index contributed by atoms with van der Waals surface area (Å²) in [6, 6.07) is 10.9. The first-order chi connectivity index (χ1) is 12.4. The van der Waals surface area contributed by atoms with Gasteiger partial charge < -0.3 is 0 Å². The van der Waals surface area contributed by atoms with Crippen molar-refractivity contribution in [2.75, 3.05) is 0 Å². The zero-order chi connectivity index (χ0) is 18.9. The molecule has 0 atom stereocenters. The highest BCUT2D eigenvalue weighted by Gasteiger charge is 2.23. The zero-order valence-electron chi connectivity index (χ0n) is 13.1. The van der Waals surface area contributed by atoms with Crippen LogP contribution in [0.5, 0.6) is 0 Å². The van der Waals surface area contributed by atoms with Gasteiger partial charge in [-0.25, -0.2) is 21.2 Å². The standard InChI is InChI=1S/C18H10F2N2O3S/c19-14-3-6-16(17(20)8-14)18-7-13(11-23)10-22(18)26(24,25)15-4-1-12(9-21)2-5-15/h1-8,10-11H. The normalized spacial score (nSPS) is 11.1. The molecule has 0 spiro atoms. The Hall–Kier alpha value is -3.31. The van der Waals surface area contributed by atoms with Gasteiger partial charge in [-0.1, -0.05) is 0 Å². The van der Waals surface area contributed by atoms with Crippen LogP contribution in [-0.2, 0) is 10.0 Å². The predicted octanol–water partition coefficient (Wildman–Crippen LogP) is 3.35. The number of halogens is 2. The van der Waals surface area contributed by atoms with Crippen LogP contribution in [-0.4, -0.2) is 18.7 Å². The van der Waals surface area contributed by atoms with Crippen molar-refractivity contribution in [2.24, 2.45) is 0 Å². The van der Waals surface area contributed by atoms with Gasteiger partial charge in [0.05, 0.1) is 22.2 Å². The Labute approximate surface area is 147 Å². The van der Waals surface area contributed by atoms with E-state index >= 15 is 0 Å². The summed E-state index contributed by atoms with van der Waals surface area (Å²) in [5, 5.41) is 8.81. The Kier molecular flexibility index (Phi) is 4.40. The maximum absolute atomic E-state index is 14.1. The van der Waals surface area contributed by atoms with Crippen LogP contribution >= 0.6 is 0 Å². The lowest BCUT2D eigenvalue weighted by Gasteiger charge is -2.11. The van der Waals surface area contributed by atoms with Gasteiger partial charge in [-0.3, -0.25) is 4.79 Å². The van der Waals surface area contributed by atoms with Crippen molar-refractivity contribution in [2.45, 2.75) is 4.90 Å². The molecular formula is C18H10F2N2O3S. The Morgan fingerprint density at radius 2 is 1.73 bits per heavy atom. The molecule has 2 aromatic carbocycles. The highest BCUT2D eigenvalue weighted by molar-refractivity contribution is 7.90. The number of hydrogen-bond acceptors (Lipinski definition) is 4. The average Bonchev–Trinajstić information content (AvgIpc) is 3.07. The van der Waals surface area contributed by atoms with E-state index in [1.54, 1.807) is 0 Å². The van der Waals surface area contributed by atoms with E-state index < -0.39 is 21.7 Å². The van der Waals surface area contributed by atoms with Crippen LogP contribution in [0.4, 0.5) is 8.78 Å². The third-order valence-electron chi connectivity index (χ3n) is 3.69. The molecule has 0 aliphatic carbocycles. The lowest BCUT2D eigenvalue weighted by atomic mass is 10.1. The minimum atomic E-state index is -4.17. The number of carbonyl (C=O) groups is 1. The number of aromatic nitrogens is 1. The lowest BCUT2D eigenvalue weighted by Crippen LogP contribution is -2.13. The fourth-order valence-electron chi connectivity index (χ4n) is 2.44. The van der Waals surface area contributed by atoms with E-state index in [1.807, 2.05) is 6.07 Å². The number of benzene rings is 2. The van der Waals surface area contributed by atoms with E-state index in [4.69, 9.17) is 5.26 Å². The molecule has 5 nitrogen and oxygen atoms in total. The van der Waals surface area contributed by atoms with E-state index in [-0.39, 0.29) is 27.3 Å². The molecule has 0 bridgehead atoms. The minimum Gasteiger partial charge on any atom is -0.298 e. The van der Waals surface area contributed by atoms with Crippen molar-refractivity contribution in [3.8, 4) is 17.3 Å². The molecule has 0 radical (unpaired) electrons. The summed E-state index contributed by atoms with van der Waals surface area (Å²) >= 11 is 0. The number of carbonyl (C=O) groups excluding carboxylic acids is 1. The molecule has 0 saturated heterocycles. The van der Waals surface area contributed by atoms with Crippen LogP contribution in [0.2, 0.25) is 0 Å². The highest BCUT2D eigenvalue weighted by atomic mass is 32.2. The Morgan fingerprint density at radius 3 is 2.31 bits per heavy atom. The third kappa shape index (κ3) is 3.00. The molecule has 26 heavy (non-hydrogen) atoms. The van der Waals surface area contributed by atoms with Crippen LogP contribution in [0, 0.1) is 23.0 Å². The highest BCUT2D eigenvalue weighted by Crippen LogP contribution is 2.29. The molecule has 1 heterocycles. The van der Waals surface area contributed by atoms with Crippen LogP contribution in [0.3, 0.4) is 0 Å². The first-order valence-corrected chi connectivity index (χ1v) is 8.69. The van der Waals surface area contributed by atoms with Crippen molar-refractivity contribution < 1.29 is 22.0 Å². The fraction of sp³-hybridized carbons (Fsp3) is 0. The summed E-state index contributed by atoms with van der Waals surface area (Å²) < 4.78 is 53.9. The zero-order valence-corrected chi connectivity index (χ0v) is 13.9. The Balaban J connectivity index is 2.22. The molecule has 0 N–H and O–H groups in total. The minimum absolute atomic E-state index is 0.0148. The molecule has 130 valence electrons. The molecule has 1 aromatic heterocycles. The van der Waals surface area contributed by atoms with Gasteiger partial charge in [0.15, 0.2) is 6.29 Å². The van der Waals surface area contributed by atoms with Crippen LogP contribution < -0.4 is 0 Å². The van der Waals surface area contributed by atoms with Gasteiger partial charge in [0.1, 0.15) is 11.6 Å². The smallest absolute Gasteiger partial charge is 0.268 e. The number of aldehydes is 1. The monoisotopic (exact) mass is 372 g/mol. The Morgan fingerprint density at radius 1 is 1.04 bits per heavy atom. The summed E-state index contributed by atoms with van der Waals surface area (Å²) in [5.41, 5.74) is 0.00136. The topological polar surface area (TPSA) is 79.9 Å². The third-order valence-corrected chi connectivity index (χ3v) is 5.38. The average molecular weight is 372 g/mol. The van der Waals surface area contributed by atoms with Gasteiger partial charge in [-0.2, -0.15) is 5.26 Å². The quantitative estimate of drug-likeness (QED) is 0.658. The number of hydrogen-bond donors (Lipinski definition) is 0.